The first-order chi connectivity index (χ1) is 14.2. The molecule has 3 rings (SSSR count). The topological polar surface area (TPSA) is 52.7 Å². The molecular weight excluding hydrogens is 382 g/mol. The predicted octanol–water partition coefficient (Wildman–Crippen LogP) is 5.66. The molecule has 0 aliphatic carbocycles. The number of carbonyl (C=O) groups is 2. The van der Waals surface area contributed by atoms with E-state index in [1.165, 1.54) is 24.2 Å². The van der Waals surface area contributed by atoms with Gasteiger partial charge in [0, 0.05) is 17.2 Å². The standard InChI is InChI=1S/C23H31N3O2S/c1-3-5-14-25(13-4-2)15-9-8-12-22(27)26-20-11-7-6-10-19(20)24-23(28)18-16-29-17-21(18)26/h6-7,10-11,16-17H,3-5,8-9,12-15H2,1-2H3,(H,24,28). The van der Waals surface area contributed by atoms with Crippen LogP contribution < -0.4 is 10.2 Å². The summed E-state index contributed by atoms with van der Waals surface area (Å²) in [5, 5.41) is 6.64. The smallest absolute Gasteiger partial charge is 0.258 e. The lowest BCUT2D eigenvalue weighted by Crippen LogP contribution is -2.28. The van der Waals surface area contributed by atoms with Crippen LogP contribution in [0.1, 0.15) is 62.7 Å². The summed E-state index contributed by atoms with van der Waals surface area (Å²) in [6.07, 6.45) is 5.94. The molecule has 29 heavy (non-hydrogen) atoms. The van der Waals surface area contributed by atoms with Crippen LogP contribution in [0.2, 0.25) is 0 Å². The molecule has 1 aliphatic heterocycles. The molecule has 1 N–H and O–H groups in total. The number of anilines is 3. The Kier molecular flexibility index (Phi) is 7.83. The van der Waals surface area contributed by atoms with Crippen molar-refractivity contribution in [2.75, 3.05) is 29.9 Å². The van der Waals surface area contributed by atoms with Gasteiger partial charge in [0.15, 0.2) is 0 Å². The minimum Gasteiger partial charge on any atom is -0.320 e. The Morgan fingerprint density at radius 2 is 1.79 bits per heavy atom. The number of nitrogens with zero attached hydrogens (tertiary/aromatic N) is 2. The van der Waals surface area contributed by atoms with Crippen molar-refractivity contribution in [3.05, 3.63) is 40.6 Å². The van der Waals surface area contributed by atoms with Gasteiger partial charge in [-0.3, -0.25) is 14.5 Å². The summed E-state index contributed by atoms with van der Waals surface area (Å²) in [5.74, 6) is -0.112. The van der Waals surface area contributed by atoms with Gasteiger partial charge in [0.2, 0.25) is 5.91 Å². The average Bonchev–Trinajstić information content (AvgIpc) is 3.16. The molecule has 0 radical (unpaired) electrons. The number of fused-ring (bicyclic) bond motifs is 2. The number of nitrogens with one attached hydrogen (secondary N) is 1. The van der Waals surface area contributed by atoms with Crippen molar-refractivity contribution >= 4 is 40.2 Å². The maximum atomic E-state index is 13.2. The van der Waals surface area contributed by atoms with Crippen molar-refractivity contribution in [2.24, 2.45) is 0 Å². The fourth-order valence-corrected chi connectivity index (χ4v) is 4.55. The van der Waals surface area contributed by atoms with E-state index < -0.39 is 0 Å². The number of amides is 2. The van der Waals surface area contributed by atoms with Gasteiger partial charge >= 0.3 is 0 Å². The molecule has 0 bridgehead atoms. The Labute approximate surface area is 177 Å². The van der Waals surface area contributed by atoms with E-state index in [4.69, 9.17) is 0 Å². The zero-order valence-electron chi connectivity index (χ0n) is 17.4. The van der Waals surface area contributed by atoms with Gasteiger partial charge in [-0.25, -0.2) is 0 Å². The van der Waals surface area contributed by atoms with E-state index in [0.717, 1.165) is 44.6 Å². The second kappa shape index (κ2) is 10.6. The highest BCUT2D eigenvalue weighted by Crippen LogP contribution is 2.39. The van der Waals surface area contributed by atoms with Gasteiger partial charge in [-0.15, -0.1) is 11.3 Å². The largest absolute Gasteiger partial charge is 0.320 e. The van der Waals surface area contributed by atoms with Crippen LogP contribution in [0.3, 0.4) is 0 Å². The minimum absolute atomic E-state index is 0.0456. The molecule has 2 heterocycles. The Morgan fingerprint density at radius 3 is 2.59 bits per heavy atom. The first-order valence-corrected chi connectivity index (χ1v) is 11.6. The van der Waals surface area contributed by atoms with Crippen LogP contribution >= 0.6 is 11.3 Å². The molecule has 0 atom stereocenters. The van der Waals surface area contributed by atoms with Crippen LogP contribution in [0.4, 0.5) is 17.1 Å². The third kappa shape index (κ3) is 5.25. The molecule has 156 valence electrons. The zero-order valence-corrected chi connectivity index (χ0v) is 18.3. The molecule has 1 aromatic heterocycles. The summed E-state index contributed by atoms with van der Waals surface area (Å²) in [4.78, 5) is 30.0. The Balaban J connectivity index is 1.67. The van der Waals surface area contributed by atoms with Crippen LogP contribution in [-0.4, -0.2) is 36.3 Å². The molecule has 5 nitrogen and oxygen atoms in total. The molecule has 1 aromatic carbocycles. The Morgan fingerprint density at radius 1 is 1.00 bits per heavy atom. The van der Waals surface area contributed by atoms with Crippen molar-refractivity contribution in [3.8, 4) is 0 Å². The molecule has 2 aromatic rings. The molecule has 0 saturated carbocycles. The van der Waals surface area contributed by atoms with Gasteiger partial charge in [0.05, 0.1) is 22.6 Å². The van der Waals surface area contributed by atoms with Gasteiger partial charge in [0.1, 0.15) is 0 Å². The van der Waals surface area contributed by atoms with Crippen LogP contribution in [0.25, 0.3) is 0 Å². The summed E-state index contributed by atoms with van der Waals surface area (Å²) in [6, 6.07) is 7.52. The van der Waals surface area contributed by atoms with Crippen LogP contribution in [0.15, 0.2) is 35.0 Å². The number of hydrogen-bond acceptors (Lipinski definition) is 4. The molecule has 1 aliphatic rings. The maximum absolute atomic E-state index is 13.2. The third-order valence-corrected chi connectivity index (χ3v) is 5.98. The fourth-order valence-electron chi connectivity index (χ4n) is 3.75. The third-order valence-electron chi connectivity index (χ3n) is 5.25. The molecular formula is C23H31N3O2S. The van der Waals surface area contributed by atoms with Gasteiger partial charge in [-0.2, -0.15) is 0 Å². The van der Waals surface area contributed by atoms with E-state index in [2.05, 4.69) is 24.1 Å². The first kappa shape index (κ1) is 21.5. The normalized spacial score (nSPS) is 13.1. The van der Waals surface area contributed by atoms with E-state index in [1.54, 1.807) is 4.90 Å². The van der Waals surface area contributed by atoms with Gasteiger partial charge in [0.25, 0.3) is 5.91 Å². The van der Waals surface area contributed by atoms with Crippen molar-refractivity contribution < 1.29 is 9.59 Å². The highest BCUT2D eigenvalue weighted by Gasteiger charge is 2.29. The predicted molar refractivity (Wildman–Crippen MR) is 121 cm³/mol. The van der Waals surface area contributed by atoms with Crippen LogP contribution in [0, 0.1) is 0 Å². The summed E-state index contributed by atoms with van der Waals surface area (Å²) in [5.41, 5.74) is 2.69. The zero-order chi connectivity index (χ0) is 20.6. The summed E-state index contributed by atoms with van der Waals surface area (Å²) >= 11 is 1.45. The summed E-state index contributed by atoms with van der Waals surface area (Å²) in [7, 11) is 0. The first-order valence-electron chi connectivity index (χ1n) is 10.7. The SMILES string of the molecule is CCCCN(CCC)CCCCC(=O)N1c2ccccc2NC(=O)c2cscc21. The quantitative estimate of drug-likeness (QED) is 0.511. The summed E-state index contributed by atoms with van der Waals surface area (Å²) in [6.45, 7) is 7.75. The van der Waals surface area contributed by atoms with Gasteiger partial charge in [-0.05, 0) is 57.5 Å². The van der Waals surface area contributed by atoms with Crippen molar-refractivity contribution in [2.45, 2.75) is 52.4 Å². The highest BCUT2D eigenvalue weighted by molar-refractivity contribution is 7.08. The monoisotopic (exact) mass is 413 g/mol. The molecule has 0 spiro atoms. The van der Waals surface area contributed by atoms with E-state index in [-0.39, 0.29) is 11.8 Å². The van der Waals surface area contributed by atoms with E-state index >= 15 is 0 Å². The lowest BCUT2D eigenvalue weighted by atomic mass is 10.1. The van der Waals surface area contributed by atoms with Crippen LogP contribution in [-0.2, 0) is 4.79 Å². The number of para-hydroxylation sites is 2. The molecule has 0 fully saturated rings. The molecule has 0 saturated heterocycles. The van der Waals surface area contributed by atoms with E-state index in [1.807, 2.05) is 35.0 Å². The number of benzene rings is 1. The molecule has 2 amide bonds. The number of carbonyl (C=O) groups excluding carboxylic acids is 2. The number of unbranched alkanes of at least 4 members (excludes halogenated alkanes) is 2. The number of thiophene rings is 1. The average molecular weight is 414 g/mol. The minimum atomic E-state index is -0.157. The number of hydrogen-bond donors (Lipinski definition) is 1. The van der Waals surface area contributed by atoms with E-state index in [9.17, 15) is 9.59 Å². The summed E-state index contributed by atoms with van der Waals surface area (Å²) < 4.78 is 0. The fraction of sp³-hybridized carbons (Fsp3) is 0.478. The van der Waals surface area contributed by atoms with Gasteiger partial charge in [-0.1, -0.05) is 32.4 Å². The van der Waals surface area contributed by atoms with E-state index in [0.29, 0.717) is 23.4 Å². The Bertz CT molecular complexity index is 833. The molecule has 6 heteroatoms. The van der Waals surface area contributed by atoms with Crippen molar-refractivity contribution in [1.82, 2.24) is 4.90 Å². The van der Waals surface area contributed by atoms with Crippen LogP contribution in [0.5, 0.6) is 0 Å². The lowest BCUT2D eigenvalue weighted by Gasteiger charge is -2.24. The maximum Gasteiger partial charge on any atom is 0.258 e. The number of rotatable bonds is 10. The van der Waals surface area contributed by atoms with Gasteiger partial charge < -0.3 is 10.2 Å². The molecule has 0 unspecified atom stereocenters. The second-order valence-electron chi connectivity index (χ2n) is 7.52. The second-order valence-corrected chi connectivity index (χ2v) is 8.27. The Hall–Kier alpha value is -2.18. The lowest BCUT2D eigenvalue weighted by molar-refractivity contribution is -0.118. The van der Waals surface area contributed by atoms with Crippen molar-refractivity contribution in [3.63, 3.8) is 0 Å². The van der Waals surface area contributed by atoms with Crippen molar-refractivity contribution in [1.29, 1.82) is 0 Å². The highest BCUT2D eigenvalue weighted by atomic mass is 32.1.